The molecule has 3 heteroatoms. The molecule has 3 aliphatic carbocycles. The van der Waals surface area contributed by atoms with Gasteiger partial charge in [0.1, 0.15) is 11.6 Å². The van der Waals surface area contributed by atoms with Crippen molar-refractivity contribution in [2.45, 2.75) is 19.3 Å². The second kappa shape index (κ2) is 3.95. The summed E-state index contributed by atoms with van der Waals surface area (Å²) in [6, 6.07) is 7.18. The molecular weight excluding hydrogens is 239 g/mol. The molecule has 2 bridgehead atoms. The van der Waals surface area contributed by atoms with Crippen LogP contribution in [0, 0.1) is 11.8 Å². The quantitative estimate of drug-likeness (QED) is 0.736. The van der Waals surface area contributed by atoms with E-state index in [1.165, 1.54) is 0 Å². The number of carbonyl (C=O) groups excluding carboxylic acids is 1. The second-order valence-corrected chi connectivity index (χ2v) is 5.15. The van der Waals surface area contributed by atoms with E-state index in [2.05, 4.69) is 0 Å². The second-order valence-electron chi connectivity index (χ2n) is 4.74. The van der Waals surface area contributed by atoms with Gasteiger partial charge in [0.15, 0.2) is 0 Å². The standard InChI is InChI=1S/C14H12ClFO/c15-11-4-2-1-3-9(11)13-10-6-5-8(14(13)16)7-12(10)17/h1-4,8,10H,5-7H2/t8-,10+/m1/s1. The highest BCUT2D eigenvalue weighted by Gasteiger charge is 2.42. The number of hydrogen-bond donors (Lipinski definition) is 0. The van der Waals surface area contributed by atoms with Crippen LogP contribution in [0.2, 0.25) is 5.02 Å². The van der Waals surface area contributed by atoms with Gasteiger partial charge >= 0.3 is 0 Å². The first kappa shape index (κ1) is 11.0. The summed E-state index contributed by atoms with van der Waals surface area (Å²) < 4.78 is 14.3. The summed E-state index contributed by atoms with van der Waals surface area (Å²) >= 11 is 6.10. The zero-order valence-corrected chi connectivity index (χ0v) is 10.0. The summed E-state index contributed by atoms with van der Waals surface area (Å²) in [5.74, 6) is -0.440. The highest BCUT2D eigenvalue weighted by Crippen LogP contribution is 2.49. The number of carbonyl (C=O) groups is 1. The number of hydrogen-bond acceptors (Lipinski definition) is 1. The fourth-order valence-corrected chi connectivity index (χ4v) is 3.16. The molecule has 1 nitrogen and oxygen atoms in total. The van der Waals surface area contributed by atoms with Crippen LogP contribution in [0.4, 0.5) is 4.39 Å². The van der Waals surface area contributed by atoms with Crippen LogP contribution in [-0.4, -0.2) is 5.78 Å². The van der Waals surface area contributed by atoms with Crippen molar-refractivity contribution >= 4 is 23.0 Å². The van der Waals surface area contributed by atoms with Crippen LogP contribution in [-0.2, 0) is 4.79 Å². The van der Waals surface area contributed by atoms with Crippen LogP contribution in [0.1, 0.15) is 24.8 Å². The fourth-order valence-electron chi connectivity index (χ4n) is 2.92. The van der Waals surface area contributed by atoms with E-state index in [1.807, 2.05) is 12.1 Å². The largest absolute Gasteiger partial charge is 0.299 e. The number of rotatable bonds is 1. The van der Waals surface area contributed by atoms with E-state index in [9.17, 15) is 9.18 Å². The zero-order chi connectivity index (χ0) is 12.0. The van der Waals surface area contributed by atoms with Crippen molar-refractivity contribution in [3.63, 3.8) is 0 Å². The Balaban J connectivity index is 2.17. The molecule has 0 spiro atoms. The minimum Gasteiger partial charge on any atom is -0.299 e. The van der Waals surface area contributed by atoms with Gasteiger partial charge in [0.25, 0.3) is 0 Å². The van der Waals surface area contributed by atoms with E-state index < -0.39 is 0 Å². The highest BCUT2D eigenvalue weighted by atomic mass is 35.5. The van der Waals surface area contributed by atoms with Gasteiger partial charge in [-0.1, -0.05) is 29.8 Å². The Morgan fingerprint density at radius 1 is 1.24 bits per heavy atom. The smallest absolute Gasteiger partial charge is 0.141 e. The first-order chi connectivity index (χ1) is 8.18. The molecule has 4 rings (SSSR count). The van der Waals surface area contributed by atoms with Crippen LogP contribution < -0.4 is 0 Å². The van der Waals surface area contributed by atoms with Crippen molar-refractivity contribution in [2.24, 2.45) is 11.8 Å². The molecule has 1 aromatic carbocycles. The summed E-state index contributed by atoms with van der Waals surface area (Å²) in [7, 11) is 0. The van der Waals surface area contributed by atoms with E-state index >= 15 is 0 Å². The lowest BCUT2D eigenvalue weighted by molar-refractivity contribution is -0.124. The number of ketones is 1. The molecule has 0 saturated heterocycles. The summed E-state index contributed by atoms with van der Waals surface area (Å²) in [5, 5.41) is 0.526. The minimum absolute atomic E-state index is 0.117. The van der Waals surface area contributed by atoms with Gasteiger partial charge in [-0.05, 0) is 24.5 Å². The lowest BCUT2D eigenvalue weighted by Gasteiger charge is -2.36. The maximum atomic E-state index is 14.3. The van der Waals surface area contributed by atoms with E-state index in [0.29, 0.717) is 22.6 Å². The average molecular weight is 251 g/mol. The average Bonchev–Trinajstić information content (AvgIpc) is 2.32. The topological polar surface area (TPSA) is 17.1 Å². The summed E-state index contributed by atoms with van der Waals surface area (Å²) in [4.78, 5) is 11.9. The number of fused-ring (bicyclic) bond motifs is 2. The molecule has 0 amide bonds. The number of allylic oxidation sites excluding steroid dienone is 2. The molecule has 2 atom stereocenters. The summed E-state index contributed by atoms with van der Waals surface area (Å²) in [6.07, 6.45) is 1.91. The minimum atomic E-state index is -0.278. The van der Waals surface area contributed by atoms with E-state index in [0.717, 1.165) is 12.8 Å². The maximum Gasteiger partial charge on any atom is 0.141 e. The normalized spacial score (nSPS) is 27.8. The molecule has 0 unspecified atom stereocenters. The van der Waals surface area contributed by atoms with Gasteiger partial charge in [0.2, 0.25) is 0 Å². The Hall–Kier alpha value is -1.15. The zero-order valence-electron chi connectivity index (χ0n) is 9.25. The Labute approximate surface area is 104 Å². The van der Waals surface area contributed by atoms with Crippen molar-refractivity contribution in [3.8, 4) is 0 Å². The van der Waals surface area contributed by atoms with Gasteiger partial charge in [0, 0.05) is 28.9 Å². The van der Waals surface area contributed by atoms with Gasteiger partial charge in [-0.15, -0.1) is 0 Å². The van der Waals surface area contributed by atoms with Gasteiger partial charge in [-0.3, -0.25) is 4.79 Å². The lowest BCUT2D eigenvalue weighted by atomic mass is 9.68. The monoisotopic (exact) mass is 250 g/mol. The highest BCUT2D eigenvalue weighted by molar-refractivity contribution is 6.32. The van der Waals surface area contributed by atoms with Crippen molar-refractivity contribution in [3.05, 3.63) is 40.7 Å². The molecule has 1 aromatic rings. The molecule has 3 aliphatic rings. The van der Waals surface area contributed by atoms with Crippen LogP contribution in [0.3, 0.4) is 0 Å². The summed E-state index contributed by atoms with van der Waals surface area (Å²) in [5.41, 5.74) is 1.23. The third-order valence-electron chi connectivity index (χ3n) is 3.77. The first-order valence-corrected chi connectivity index (χ1v) is 6.23. The molecule has 0 aromatic heterocycles. The Bertz CT molecular complexity index is 521. The van der Waals surface area contributed by atoms with E-state index in [4.69, 9.17) is 11.6 Å². The number of benzene rings is 1. The Kier molecular flexibility index (Phi) is 2.55. The Morgan fingerprint density at radius 2 is 2.00 bits per heavy atom. The predicted molar refractivity (Wildman–Crippen MR) is 65.3 cm³/mol. The SMILES string of the molecule is O=C1C[C@H]2CC[C@@H]1C(c1ccccc1Cl)=C2F. The van der Waals surface area contributed by atoms with Gasteiger partial charge in [-0.25, -0.2) is 4.39 Å². The first-order valence-electron chi connectivity index (χ1n) is 5.85. The number of halogens is 2. The van der Waals surface area contributed by atoms with Crippen molar-refractivity contribution in [1.82, 2.24) is 0 Å². The van der Waals surface area contributed by atoms with Crippen LogP contribution in [0.25, 0.3) is 5.57 Å². The molecule has 88 valence electrons. The molecule has 0 aliphatic heterocycles. The maximum absolute atomic E-state index is 14.3. The third-order valence-corrected chi connectivity index (χ3v) is 4.10. The molecule has 17 heavy (non-hydrogen) atoms. The van der Waals surface area contributed by atoms with Crippen LogP contribution in [0.5, 0.6) is 0 Å². The van der Waals surface area contributed by atoms with Gasteiger partial charge in [0.05, 0.1) is 0 Å². The lowest BCUT2D eigenvalue weighted by Crippen LogP contribution is -2.32. The van der Waals surface area contributed by atoms with Crippen molar-refractivity contribution in [1.29, 1.82) is 0 Å². The predicted octanol–water partition coefficient (Wildman–Crippen LogP) is 4.02. The molecule has 0 heterocycles. The van der Waals surface area contributed by atoms with E-state index in [-0.39, 0.29) is 23.4 Å². The van der Waals surface area contributed by atoms with Gasteiger partial charge < -0.3 is 0 Å². The molecule has 0 radical (unpaired) electrons. The fraction of sp³-hybridized carbons (Fsp3) is 0.357. The molecule has 0 N–H and O–H groups in total. The third kappa shape index (κ3) is 1.62. The Morgan fingerprint density at radius 3 is 2.71 bits per heavy atom. The number of Topliss-reactive ketones (excluding diaryl/α,β-unsaturated/α-hetero) is 1. The van der Waals surface area contributed by atoms with Crippen LogP contribution in [0.15, 0.2) is 30.1 Å². The van der Waals surface area contributed by atoms with Crippen molar-refractivity contribution in [2.75, 3.05) is 0 Å². The van der Waals surface area contributed by atoms with Crippen molar-refractivity contribution < 1.29 is 9.18 Å². The van der Waals surface area contributed by atoms with Crippen LogP contribution >= 0.6 is 11.6 Å². The van der Waals surface area contributed by atoms with Gasteiger partial charge in [-0.2, -0.15) is 0 Å². The van der Waals surface area contributed by atoms with E-state index in [1.54, 1.807) is 12.1 Å². The molecular formula is C14H12ClFO. The molecule has 1 fully saturated rings. The molecule has 1 saturated carbocycles. The summed E-state index contributed by atoms with van der Waals surface area (Å²) in [6.45, 7) is 0.